The Balaban J connectivity index is 2.09. The standard InChI is InChI=1S/C11H16ClNO3S2/c1-13(7-9-3-2-4-16-9)18(14,15)11-5-10(6-12)17-8-11/h5,8-9H,2-4,6-7H2,1H3. The molecular formula is C11H16ClNO3S2. The molecular weight excluding hydrogens is 294 g/mol. The van der Waals surface area contributed by atoms with E-state index >= 15 is 0 Å². The van der Waals surface area contributed by atoms with Gasteiger partial charge in [-0.15, -0.1) is 22.9 Å². The number of nitrogens with zero attached hydrogens (tertiary/aromatic N) is 1. The lowest BCUT2D eigenvalue weighted by Gasteiger charge is -2.19. The van der Waals surface area contributed by atoms with E-state index in [0.717, 1.165) is 24.3 Å². The molecule has 1 aromatic rings. The molecule has 1 aromatic heterocycles. The van der Waals surface area contributed by atoms with Crippen molar-refractivity contribution in [2.75, 3.05) is 20.2 Å². The Labute approximate surface area is 117 Å². The lowest BCUT2D eigenvalue weighted by atomic mass is 10.2. The molecule has 0 N–H and O–H groups in total. The molecule has 0 aromatic carbocycles. The van der Waals surface area contributed by atoms with Gasteiger partial charge in [-0.25, -0.2) is 8.42 Å². The predicted molar refractivity (Wildman–Crippen MR) is 72.7 cm³/mol. The van der Waals surface area contributed by atoms with E-state index in [4.69, 9.17) is 16.3 Å². The summed E-state index contributed by atoms with van der Waals surface area (Å²) in [6.07, 6.45) is 1.96. The van der Waals surface area contributed by atoms with E-state index in [1.165, 1.54) is 15.6 Å². The zero-order valence-electron chi connectivity index (χ0n) is 10.1. The minimum atomic E-state index is -3.41. The zero-order chi connectivity index (χ0) is 13.2. The normalized spacial score (nSPS) is 20.7. The molecule has 1 aliphatic rings. The molecule has 1 atom stereocenters. The van der Waals surface area contributed by atoms with Gasteiger partial charge in [-0.2, -0.15) is 4.31 Å². The number of hydrogen-bond acceptors (Lipinski definition) is 4. The lowest BCUT2D eigenvalue weighted by Crippen LogP contribution is -2.33. The minimum Gasteiger partial charge on any atom is -0.377 e. The Morgan fingerprint density at radius 3 is 2.94 bits per heavy atom. The molecule has 7 heteroatoms. The maximum atomic E-state index is 12.3. The molecule has 102 valence electrons. The van der Waals surface area contributed by atoms with Gasteiger partial charge in [-0.1, -0.05) is 0 Å². The van der Waals surface area contributed by atoms with Crippen LogP contribution in [0.15, 0.2) is 16.3 Å². The van der Waals surface area contributed by atoms with E-state index in [9.17, 15) is 8.42 Å². The fourth-order valence-electron chi connectivity index (χ4n) is 1.92. The molecule has 1 unspecified atom stereocenters. The zero-order valence-corrected chi connectivity index (χ0v) is 12.5. The molecule has 0 aliphatic carbocycles. The van der Waals surface area contributed by atoms with Crippen molar-refractivity contribution in [3.63, 3.8) is 0 Å². The van der Waals surface area contributed by atoms with Crippen molar-refractivity contribution in [3.8, 4) is 0 Å². The summed E-state index contributed by atoms with van der Waals surface area (Å²) in [5.74, 6) is 0.343. The van der Waals surface area contributed by atoms with Crippen LogP contribution in [0.4, 0.5) is 0 Å². The largest absolute Gasteiger partial charge is 0.377 e. The molecule has 0 bridgehead atoms. The molecule has 0 amide bonds. The van der Waals surface area contributed by atoms with Crippen molar-refractivity contribution in [2.24, 2.45) is 0 Å². The summed E-state index contributed by atoms with van der Waals surface area (Å²) in [5, 5.41) is 1.64. The summed E-state index contributed by atoms with van der Waals surface area (Å²) in [7, 11) is -1.82. The van der Waals surface area contributed by atoms with Crippen molar-refractivity contribution >= 4 is 33.0 Å². The summed E-state index contributed by atoms with van der Waals surface area (Å²) >= 11 is 7.06. The number of alkyl halides is 1. The van der Waals surface area contributed by atoms with Gasteiger partial charge in [0.15, 0.2) is 0 Å². The second-order valence-electron chi connectivity index (χ2n) is 4.30. The van der Waals surface area contributed by atoms with Crippen molar-refractivity contribution in [1.29, 1.82) is 0 Å². The highest BCUT2D eigenvalue weighted by atomic mass is 35.5. The summed E-state index contributed by atoms with van der Waals surface area (Å²) in [6.45, 7) is 1.14. The van der Waals surface area contributed by atoms with E-state index < -0.39 is 10.0 Å². The van der Waals surface area contributed by atoms with Gasteiger partial charge < -0.3 is 4.74 Å². The number of rotatable bonds is 5. The summed E-state index contributed by atoms with van der Waals surface area (Å²) in [5.41, 5.74) is 0. The SMILES string of the molecule is CN(CC1CCCO1)S(=O)(=O)c1csc(CCl)c1. The highest BCUT2D eigenvalue weighted by Crippen LogP contribution is 2.24. The molecule has 2 rings (SSSR count). The smallest absolute Gasteiger partial charge is 0.243 e. The van der Waals surface area contributed by atoms with E-state index in [2.05, 4.69) is 0 Å². The van der Waals surface area contributed by atoms with Crippen LogP contribution in [0.25, 0.3) is 0 Å². The lowest BCUT2D eigenvalue weighted by molar-refractivity contribution is 0.0979. The predicted octanol–water partition coefficient (Wildman–Crippen LogP) is 2.29. The number of halogens is 1. The van der Waals surface area contributed by atoms with Gasteiger partial charge in [0.1, 0.15) is 0 Å². The van der Waals surface area contributed by atoms with Crippen molar-refractivity contribution in [1.82, 2.24) is 4.31 Å². The number of sulfonamides is 1. The average molecular weight is 310 g/mol. The van der Waals surface area contributed by atoms with Crippen LogP contribution in [0.3, 0.4) is 0 Å². The Bertz CT molecular complexity index is 494. The van der Waals surface area contributed by atoms with Crippen LogP contribution in [0.5, 0.6) is 0 Å². The highest BCUT2D eigenvalue weighted by Gasteiger charge is 2.26. The first-order valence-electron chi connectivity index (χ1n) is 5.75. The topological polar surface area (TPSA) is 46.6 Å². The third-order valence-corrected chi connectivity index (χ3v) is 6.29. The summed E-state index contributed by atoms with van der Waals surface area (Å²) in [4.78, 5) is 1.18. The van der Waals surface area contributed by atoms with E-state index in [-0.39, 0.29) is 6.10 Å². The van der Waals surface area contributed by atoms with E-state index in [1.54, 1.807) is 18.5 Å². The fourth-order valence-corrected chi connectivity index (χ4v) is 4.50. The Kier molecular flexibility index (Phi) is 4.66. The Hall–Kier alpha value is -0.140. The van der Waals surface area contributed by atoms with Crippen molar-refractivity contribution in [3.05, 3.63) is 16.3 Å². The van der Waals surface area contributed by atoms with Crippen LogP contribution < -0.4 is 0 Å². The molecule has 1 saturated heterocycles. The molecule has 0 saturated carbocycles. The minimum absolute atomic E-state index is 0.0240. The second-order valence-corrected chi connectivity index (χ2v) is 7.61. The monoisotopic (exact) mass is 309 g/mol. The van der Waals surface area contributed by atoms with Crippen molar-refractivity contribution < 1.29 is 13.2 Å². The molecule has 0 radical (unpaired) electrons. The summed E-state index contributed by atoms with van der Waals surface area (Å²) < 4.78 is 31.4. The van der Waals surface area contributed by atoms with E-state index in [0.29, 0.717) is 17.3 Å². The third-order valence-electron chi connectivity index (χ3n) is 2.95. The van der Waals surface area contributed by atoms with Crippen LogP contribution >= 0.6 is 22.9 Å². The first-order valence-corrected chi connectivity index (χ1v) is 8.61. The average Bonchev–Trinajstić information content (AvgIpc) is 2.99. The highest BCUT2D eigenvalue weighted by molar-refractivity contribution is 7.89. The van der Waals surface area contributed by atoms with Crippen LogP contribution in [0.2, 0.25) is 0 Å². The Morgan fingerprint density at radius 2 is 2.39 bits per heavy atom. The maximum absolute atomic E-state index is 12.3. The number of likely N-dealkylation sites (N-methyl/N-ethyl adjacent to an activating group) is 1. The van der Waals surface area contributed by atoms with Gasteiger partial charge >= 0.3 is 0 Å². The fraction of sp³-hybridized carbons (Fsp3) is 0.636. The van der Waals surface area contributed by atoms with Crippen LogP contribution in [0.1, 0.15) is 17.7 Å². The number of ether oxygens (including phenoxy) is 1. The molecule has 2 heterocycles. The van der Waals surface area contributed by atoms with Gasteiger partial charge in [0, 0.05) is 30.5 Å². The molecule has 0 spiro atoms. The first-order chi connectivity index (χ1) is 8.54. The van der Waals surface area contributed by atoms with E-state index in [1.807, 2.05) is 0 Å². The van der Waals surface area contributed by atoms with Crippen LogP contribution in [-0.2, 0) is 20.6 Å². The molecule has 18 heavy (non-hydrogen) atoms. The number of hydrogen-bond donors (Lipinski definition) is 0. The third kappa shape index (κ3) is 3.05. The molecule has 1 fully saturated rings. The number of thiophene rings is 1. The van der Waals surface area contributed by atoms with Gasteiger partial charge in [-0.3, -0.25) is 0 Å². The van der Waals surface area contributed by atoms with Crippen LogP contribution in [-0.4, -0.2) is 39.0 Å². The second kappa shape index (κ2) is 5.88. The summed E-state index contributed by atoms with van der Waals surface area (Å²) in [6, 6.07) is 1.64. The Morgan fingerprint density at radius 1 is 1.61 bits per heavy atom. The first kappa shape index (κ1) is 14.3. The van der Waals surface area contributed by atoms with Crippen LogP contribution in [0, 0.1) is 0 Å². The molecule has 4 nitrogen and oxygen atoms in total. The van der Waals surface area contributed by atoms with Gasteiger partial charge in [0.25, 0.3) is 0 Å². The van der Waals surface area contributed by atoms with Gasteiger partial charge in [-0.05, 0) is 18.9 Å². The quantitative estimate of drug-likeness (QED) is 0.784. The van der Waals surface area contributed by atoms with Crippen molar-refractivity contribution in [2.45, 2.75) is 29.7 Å². The van der Waals surface area contributed by atoms with Gasteiger partial charge in [0.2, 0.25) is 10.0 Å². The maximum Gasteiger partial charge on any atom is 0.243 e. The van der Waals surface area contributed by atoms with Gasteiger partial charge in [0.05, 0.1) is 16.9 Å². The molecule has 1 aliphatic heterocycles.